The summed E-state index contributed by atoms with van der Waals surface area (Å²) >= 11 is 0. The highest BCUT2D eigenvalue weighted by molar-refractivity contribution is 5.70. The third kappa shape index (κ3) is 1.77. The maximum atomic E-state index is 4.20. The van der Waals surface area contributed by atoms with Gasteiger partial charge in [-0.25, -0.2) is 0 Å². The molecule has 0 aliphatic carbocycles. The van der Waals surface area contributed by atoms with E-state index < -0.39 is 0 Å². The van der Waals surface area contributed by atoms with E-state index in [1.807, 2.05) is 19.4 Å². The predicted octanol–water partition coefficient (Wildman–Crippen LogP) is 1.45. The molecule has 3 heteroatoms. The van der Waals surface area contributed by atoms with Crippen LogP contribution in [-0.4, -0.2) is 37.1 Å². The van der Waals surface area contributed by atoms with Gasteiger partial charge in [-0.2, -0.15) is 0 Å². The van der Waals surface area contributed by atoms with Gasteiger partial charge in [0.15, 0.2) is 0 Å². The van der Waals surface area contributed by atoms with Crippen molar-refractivity contribution in [1.29, 1.82) is 0 Å². The molecule has 1 aliphatic rings. The van der Waals surface area contributed by atoms with Crippen molar-refractivity contribution >= 4 is 11.3 Å². The average molecular weight is 189 g/mol. The summed E-state index contributed by atoms with van der Waals surface area (Å²) in [7, 11) is 4.04. The van der Waals surface area contributed by atoms with E-state index in [0.29, 0.717) is 0 Å². The van der Waals surface area contributed by atoms with Gasteiger partial charge < -0.3 is 5.32 Å². The molecule has 2 heterocycles. The first-order valence-corrected chi connectivity index (χ1v) is 4.80. The van der Waals surface area contributed by atoms with Gasteiger partial charge in [0.25, 0.3) is 0 Å². The van der Waals surface area contributed by atoms with Gasteiger partial charge in [-0.15, -0.1) is 0 Å². The second-order valence-electron chi connectivity index (χ2n) is 3.64. The van der Waals surface area contributed by atoms with Crippen LogP contribution in [0.2, 0.25) is 0 Å². The van der Waals surface area contributed by atoms with Gasteiger partial charge in [0.05, 0.1) is 5.69 Å². The van der Waals surface area contributed by atoms with Crippen LogP contribution in [0, 0.1) is 0 Å². The fraction of sp³-hybridized carbons (Fsp3) is 0.364. The molecule has 0 aromatic carbocycles. The summed E-state index contributed by atoms with van der Waals surface area (Å²) in [4.78, 5) is 6.48. The molecule has 1 N–H and O–H groups in total. The first-order valence-electron chi connectivity index (χ1n) is 4.80. The standard InChI is InChI=1S/C11H15N3/c1-12-11-5-10(6-13-7-11)9-3-4-14(2)8-9/h3,5-7,12H,4,8H2,1-2H3. The molecule has 2 rings (SSSR count). The first-order chi connectivity index (χ1) is 6.79. The molecular formula is C11H15N3. The van der Waals surface area contributed by atoms with Crippen LogP contribution in [0.4, 0.5) is 5.69 Å². The third-order valence-corrected chi connectivity index (χ3v) is 2.49. The Labute approximate surface area is 84.5 Å². The highest BCUT2D eigenvalue weighted by Crippen LogP contribution is 2.21. The molecule has 14 heavy (non-hydrogen) atoms. The zero-order chi connectivity index (χ0) is 9.97. The fourth-order valence-electron chi connectivity index (χ4n) is 1.65. The van der Waals surface area contributed by atoms with Crippen LogP contribution >= 0.6 is 0 Å². The summed E-state index contributed by atoms with van der Waals surface area (Å²) in [5.74, 6) is 0. The monoisotopic (exact) mass is 189 g/mol. The average Bonchev–Trinajstić information content (AvgIpc) is 2.65. The van der Waals surface area contributed by atoms with Gasteiger partial charge in [-0.05, 0) is 24.3 Å². The zero-order valence-corrected chi connectivity index (χ0v) is 8.62. The smallest absolute Gasteiger partial charge is 0.0530 e. The van der Waals surface area contributed by atoms with Gasteiger partial charge in [-0.3, -0.25) is 9.88 Å². The lowest BCUT2D eigenvalue weighted by molar-refractivity contribution is 0.438. The third-order valence-electron chi connectivity index (χ3n) is 2.49. The SMILES string of the molecule is CNc1cncc(C2=CCN(C)C2)c1. The molecular weight excluding hydrogens is 174 g/mol. The number of anilines is 1. The Morgan fingerprint density at radius 1 is 1.43 bits per heavy atom. The van der Waals surface area contributed by atoms with Crippen molar-refractivity contribution < 1.29 is 0 Å². The Hall–Kier alpha value is -1.35. The molecule has 0 spiro atoms. The van der Waals surface area contributed by atoms with Crippen molar-refractivity contribution in [3.63, 3.8) is 0 Å². The van der Waals surface area contributed by atoms with Gasteiger partial charge >= 0.3 is 0 Å². The van der Waals surface area contributed by atoms with Crippen LogP contribution < -0.4 is 5.32 Å². The number of rotatable bonds is 2. The van der Waals surface area contributed by atoms with Crippen molar-refractivity contribution in [2.45, 2.75) is 0 Å². The lowest BCUT2D eigenvalue weighted by atomic mass is 10.1. The van der Waals surface area contributed by atoms with Crippen LogP contribution in [0.5, 0.6) is 0 Å². The highest BCUT2D eigenvalue weighted by atomic mass is 15.1. The number of aromatic nitrogens is 1. The minimum absolute atomic E-state index is 1.02. The number of nitrogens with zero attached hydrogens (tertiary/aromatic N) is 2. The number of likely N-dealkylation sites (N-methyl/N-ethyl adjacent to an activating group) is 1. The van der Waals surface area contributed by atoms with E-state index in [4.69, 9.17) is 0 Å². The zero-order valence-electron chi connectivity index (χ0n) is 8.62. The molecule has 0 bridgehead atoms. The quantitative estimate of drug-likeness (QED) is 0.763. The molecule has 0 unspecified atom stereocenters. The summed E-state index contributed by atoms with van der Waals surface area (Å²) in [6.45, 7) is 2.06. The molecule has 0 saturated heterocycles. The second kappa shape index (κ2) is 3.80. The van der Waals surface area contributed by atoms with E-state index >= 15 is 0 Å². The molecule has 3 nitrogen and oxygen atoms in total. The largest absolute Gasteiger partial charge is 0.387 e. The second-order valence-corrected chi connectivity index (χ2v) is 3.64. The van der Waals surface area contributed by atoms with Crippen molar-refractivity contribution in [3.8, 4) is 0 Å². The van der Waals surface area contributed by atoms with Crippen molar-refractivity contribution in [2.24, 2.45) is 0 Å². The number of nitrogens with one attached hydrogen (secondary N) is 1. The molecule has 0 radical (unpaired) electrons. The van der Waals surface area contributed by atoms with E-state index in [2.05, 4.69) is 34.4 Å². The normalized spacial score (nSPS) is 16.9. The summed E-state index contributed by atoms with van der Waals surface area (Å²) in [5, 5.41) is 3.10. The van der Waals surface area contributed by atoms with Crippen LogP contribution in [0.1, 0.15) is 5.56 Å². The molecule has 74 valence electrons. The Morgan fingerprint density at radius 3 is 2.93 bits per heavy atom. The molecule has 0 fully saturated rings. The highest BCUT2D eigenvalue weighted by Gasteiger charge is 2.11. The van der Waals surface area contributed by atoms with E-state index in [1.54, 1.807) is 0 Å². The molecule has 0 atom stereocenters. The van der Waals surface area contributed by atoms with E-state index in [0.717, 1.165) is 18.8 Å². The molecule has 1 aliphatic heterocycles. The summed E-state index contributed by atoms with van der Waals surface area (Å²) in [5.41, 5.74) is 3.66. The van der Waals surface area contributed by atoms with Gasteiger partial charge in [0, 0.05) is 32.5 Å². The van der Waals surface area contributed by atoms with Crippen LogP contribution in [0.25, 0.3) is 5.57 Å². The predicted molar refractivity (Wildman–Crippen MR) is 59.3 cm³/mol. The maximum absolute atomic E-state index is 4.20. The Balaban J connectivity index is 2.24. The minimum Gasteiger partial charge on any atom is -0.387 e. The first kappa shape index (κ1) is 9.21. The van der Waals surface area contributed by atoms with Crippen LogP contribution in [0.15, 0.2) is 24.5 Å². The summed E-state index contributed by atoms with van der Waals surface area (Å²) in [6.07, 6.45) is 6.02. The minimum atomic E-state index is 1.02. The lowest BCUT2D eigenvalue weighted by Crippen LogP contribution is -2.13. The Kier molecular flexibility index (Phi) is 2.50. The fourth-order valence-corrected chi connectivity index (χ4v) is 1.65. The number of hydrogen-bond donors (Lipinski definition) is 1. The number of hydrogen-bond acceptors (Lipinski definition) is 3. The topological polar surface area (TPSA) is 28.2 Å². The molecule has 1 aromatic rings. The Morgan fingerprint density at radius 2 is 2.29 bits per heavy atom. The van der Waals surface area contributed by atoms with Crippen LogP contribution in [-0.2, 0) is 0 Å². The molecule has 0 saturated carbocycles. The van der Waals surface area contributed by atoms with E-state index in [9.17, 15) is 0 Å². The molecule has 0 amide bonds. The van der Waals surface area contributed by atoms with Gasteiger partial charge in [0.1, 0.15) is 0 Å². The van der Waals surface area contributed by atoms with Crippen LogP contribution in [0.3, 0.4) is 0 Å². The Bertz CT molecular complexity index is 357. The van der Waals surface area contributed by atoms with Crippen molar-refractivity contribution in [1.82, 2.24) is 9.88 Å². The van der Waals surface area contributed by atoms with Gasteiger partial charge in [-0.1, -0.05) is 6.08 Å². The maximum Gasteiger partial charge on any atom is 0.0530 e. The van der Waals surface area contributed by atoms with E-state index in [1.165, 1.54) is 11.1 Å². The van der Waals surface area contributed by atoms with Crippen molar-refractivity contribution in [2.75, 3.05) is 32.5 Å². The van der Waals surface area contributed by atoms with Gasteiger partial charge in [0.2, 0.25) is 0 Å². The summed E-state index contributed by atoms with van der Waals surface area (Å²) in [6, 6.07) is 2.14. The number of pyridine rings is 1. The van der Waals surface area contributed by atoms with Crippen molar-refractivity contribution in [3.05, 3.63) is 30.1 Å². The lowest BCUT2D eigenvalue weighted by Gasteiger charge is -2.08. The molecule has 1 aromatic heterocycles. The van der Waals surface area contributed by atoms with E-state index in [-0.39, 0.29) is 0 Å². The summed E-state index contributed by atoms with van der Waals surface area (Å²) < 4.78 is 0.